The maximum absolute atomic E-state index is 11.9. The van der Waals surface area contributed by atoms with Crippen molar-refractivity contribution in [3.63, 3.8) is 0 Å². The number of fused-ring (bicyclic) bond motifs is 1. The third-order valence-corrected chi connectivity index (χ3v) is 5.39. The zero-order valence-electron chi connectivity index (χ0n) is 18.9. The van der Waals surface area contributed by atoms with Crippen LogP contribution in [0.5, 0.6) is 5.75 Å². The lowest BCUT2D eigenvalue weighted by Crippen LogP contribution is -2.26. The van der Waals surface area contributed by atoms with Gasteiger partial charge in [0.2, 0.25) is 5.95 Å². The van der Waals surface area contributed by atoms with E-state index in [1.165, 1.54) is 11.1 Å². The molecule has 1 aliphatic heterocycles. The zero-order chi connectivity index (χ0) is 23.4. The number of methoxy groups -OCH3 is 2. The second-order valence-corrected chi connectivity index (χ2v) is 7.89. The average Bonchev–Trinajstić information content (AvgIpc) is 2.79. The molecule has 0 fully saturated rings. The summed E-state index contributed by atoms with van der Waals surface area (Å²) in [7, 11) is 5.35. The third kappa shape index (κ3) is 5.18. The summed E-state index contributed by atoms with van der Waals surface area (Å²) in [6.07, 6.45) is 0.939. The second kappa shape index (κ2) is 9.80. The third-order valence-electron chi connectivity index (χ3n) is 5.39. The minimum absolute atomic E-state index is 0.0573. The van der Waals surface area contributed by atoms with E-state index in [0.717, 1.165) is 30.8 Å². The first-order valence-electron chi connectivity index (χ1n) is 10.5. The predicted molar refractivity (Wildman–Crippen MR) is 125 cm³/mol. The number of nitrogens with two attached hydrogens (primary N) is 1. The molecular formula is C23H27N7O3. The molecule has 1 aromatic heterocycles. The van der Waals surface area contributed by atoms with Gasteiger partial charge in [-0.3, -0.25) is 4.79 Å². The van der Waals surface area contributed by atoms with Gasteiger partial charge in [0.05, 0.1) is 19.4 Å². The van der Waals surface area contributed by atoms with Gasteiger partial charge in [0.25, 0.3) is 5.91 Å². The summed E-state index contributed by atoms with van der Waals surface area (Å²) in [6, 6.07) is 11.6. The number of rotatable bonds is 8. The Balaban J connectivity index is 1.64. The van der Waals surface area contributed by atoms with Gasteiger partial charge in [-0.05, 0) is 54.4 Å². The maximum Gasteiger partial charge on any atom is 0.273 e. The Bertz CT molecular complexity index is 1170. The van der Waals surface area contributed by atoms with Gasteiger partial charge in [0, 0.05) is 25.9 Å². The van der Waals surface area contributed by atoms with Gasteiger partial charge in [0.15, 0.2) is 11.5 Å². The number of nitrogens with one attached hydrogen (secondary N) is 2. The van der Waals surface area contributed by atoms with Crippen molar-refractivity contribution in [2.24, 2.45) is 5.73 Å². The van der Waals surface area contributed by atoms with E-state index in [1.54, 1.807) is 14.2 Å². The average molecular weight is 450 g/mol. The highest BCUT2D eigenvalue weighted by Gasteiger charge is 2.19. The largest absolute Gasteiger partial charge is 0.495 e. The number of carbonyl (C=O) groups excluding carboxylic acids is 1. The molecule has 10 nitrogen and oxygen atoms in total. The topological polar surface area (TPSA) is 128 Å². The highest BCUT2D eigenvalue weighted by atomic mass is 16.5. The number of carbonyl (C=O) groups is 1. The number of likely N-dealkylation sites (N-methyl/N-ethyl adjacent to an activating group) is 1. The highest BCUT2D eigenvalue weighted by Crippen LogP contribution is 2.33. The predicted octanol–water partition coefficient (Wildman–Crippen LogP) is 2.60. The van der Waals surface area contributed by atoms with Gasteiger partial charge < -0.3 is 30.7 Å². The molecule has 0 radical (unpaired) electrons. The van der Waals surface area contributed by atoms with Crippen LogP contribution in [0, 0.1) is 0 Å². The molecule has 1 aliphatic rings. The van der Waals surface area contributed by atoms with Crippen LogP contribution in [0.25, 0.3) is 0 Å². The number of amides is 1. The fraction of sp³-hybridized carbons (Fsp3) is 0.304. The number of hydrogen-bond donors (Lipinski definition) is 3. The van der Waals surface area contributed by atoms with E-state index < -0.39 is 5.91 Å². The van der Waals surface area contributed by atoms with Crippen molar-refractivity contribution in [2.75, 3.05) is 38.4 Å². The van der Waals surface area contributed by atoms with Crippen molar-refractivity contribution in [3.05, 3.63) is 58.8 Å². The summed E-state index contributed by atoms with van der Waals surface area (Å²) >= 11 is 0. The first-order chi connectivity index (χ1) is 16.0. The van der Waals surface area contributed by atoms with Crippen LogP contribution in [0.15, 0.2) is 36.4 Å². The van der Waals surface area contributed by atoms with E-state index in [0.29, 0.717) is 18.0 Å². The smallest absolute Gasteiger partial charge is 0.273 e. The van der Waals surface area contributed by atoms with Crippen LogP contribution in [0.3, 0.4) is 0 Å². The molecule has 172 valence electrons. The lowest BCUT2D eigenvalue weighted by atomic mass is 9.99. The van der Waals surface area contributed by atoms with Gasteiger partial charge in [-0.1, -0.05) is 12.1 Å². The molecule has 33 heavy (non-hydrogen) atoms. The Kier molecular flexibility index (Phi) is 6.66. The monoisotopic (exact) mass is 449 g/mol. The molecule has 0 bridgehead atoms. The minimum Gasteiger partial charge on any atom is -0.495 e. The summed E-state index contributed by atoms with van der Waals surface area (Å²) in [6.45, 7) is 2.31. The fourth-order valence-corrected chi connectivity index (χ4v) is 3.79. The molecule has 2 heterocycles. The number of benzene rings is 2. The summed E-state index contributed by atoms with van der Waals surface area (Å²) < 4.78 is 10.8. The van der Waals surface area contributed by atoms with E-state index in [2.05, 4.69) is 37.8 Å². The maximum atomic E-state index is 11.9. The molecule has 10 heteroatoms. The Morgan fingerprint density at radius 3 is 2.76 bits per heavy atom. The van der Waals surface area contributed by atoms with Crippen molar-refractivity contribution in [1.82, 2.24) is 20.1 Å². The second-order valence-electron chi connectivity index (χ2n) is 7.89. The Labute approximate surface area is 192 Å². The van der Waals surface area contributed by atoms with Crippen LogP contribution in [0.4, 0.5) is 23.1 Å². The molecule has 0 aliphatic carbocycles. The zero-order valence-corrected chi connectivity index (χ0v) is 18.9. The quantitative estimate of drug-likeness (QED) is 0.475. The fourth-order valence-electron chi connectivity index (χ4n) is 3.79. The Morgan fingerprint density at radius 2 is 2.00 bits per heavy atom. The summed E-state index contributed by atoms with van der Waals surface area (Å²) in [4.78, 5) is 18.6. The molecule has 2 aromatic carbocycles. The van der Waals surface area contributed by atoms with Crippen LogP contribution in [0.2, 0.25) is 0 Å². The molecule has 0 saturated carbocycles. The molecule has 0 atom stereocenters. The summed E-state index contributed by atoms with van der Waals surface area (Å²) in [5.74, 6) is 0.357. The van der Waals surface area contributed by atoms with Gasteiger partial charge in [-0.25, -0.2) is 0 Å². The molecule has 1 amide bonds. The first kappa shape index (κ1) is 22.4. The van der Waals surface area contributed by atoms with Gasteiger partial charge >= 0.3 is 0 Å². The van der Waals surface area contributed by atoms with Crippen LogP contribution >= 0.6 is 0 Å². The van der Waals surface area contributed by atoms with E-state index in [1.807, 2.05) is 36.4 Å². The minimum atomic E-state index is -0.729. The van der Waals surface area contributed by atoms with Crippen molar-refractivity contribution in [1.29, 1.82) is 0 Å². The highest BCUT2D eigenvalue weighted by molar-refractivity contribution is 5.96. The Hall–Kier alpha value is -3.76. The van der Waals surface area contributed by atoms with Crippen molar-refractivity contribution >= 4 is 29.0 Å². The van der Waals surface area contributed by atoms with Gasteiger partial charge in [0.1, 0.15) is 5.75 Å². The molecule has 0 spiro atoms. The van der Waals surface area contributed by atoms with Crippen LogP contribution < -0.4 is 21.1 Å². The van der Waals surface area contributed by atoms with Crippen molar-refractivity contribution in [2.45, 2.75) is 19.6 Å². The summed E-state index contributed by atoms with van der Waals surface area (Å²) in [5, 5.41) is 14.3. The number of anilines is 4. The number of aromatic nitrogens is 3. The molecule has 4 rings (SSSR count). The standard InChI is InChI=1S/C23H27N7O3/c1-30-8-7-15-10-18(19(33-3)11-16(15)12-30)26-23-27-22(20(21(24)31)28-29-23)25-17-6-4-5-14(9-17)13-32-2/h4-6,9-11H,7-8,12-13H2,1-3H3,(H2,24,31)(H2,25,26,27,29). The Morgan fingerprint density at radius 1 is 1.15 bits per heavy atom. The van der Waals surface area contributed by atoms with E-state index in [4.69, 9.17) is 15.2 Å². The molecule has 0 unspecified atom stereocenters. The van der Waals surface area contributed by atoms with Crippen molar-refractivity contribution < 1.29 is 14.3 Å². The van der Waals surface area contributed by atoms with Gasteiger partial charge in [-0.15, -0.1) is 10.2 Å². The van der Waals surface area contributed by atoms with Crippen LogP contribution in [-0.4, -0.2) is 53.8 Å². The SMILES string of the molecule is COCc1cccc(Nc2nc(Nc3cc4c(cc3OC)CN(C)CC4)nnc2C(N)=O)c1. The number of primary amides is 1. The first-order valence-corrected chi connectivity index (χ1v) is 10.5. The number of hydrogen-bond acceptors (Lipinski definition) is 9. The molecule has 0 saturated heterocycles. The molecular weight excluding hydrogens is 422 g/mol. The molecule has 3 aromatic rings. The van der Waals surface area contributed by atoms with Crippen molar-refractivity contribution in [3.8, 4) is 5.75 Å². The van der Waals surface area contributed by atoms with E-state index in [9.17, 15) is 4.79 Å². The molecule has 4 N–H and O–H groups in total. The van der Waals surface area contributed by atoms with Crippen LogP contribution in [-0.2, 0) is 24.3 Å². The lowest BCUT2D eigenvalue weighted by Gasteiger charge is -2.26. The van der Waals surface area contributed by atoms with E-state index >= 15 is 0 Å². The van der Waals surface area contributed by atoms with Gasteiger partial charge in [-0.2, -0.15) is 4.98 Å². The summed E-state index contributed by atoms with van der Waals surface area (Å²) in [5.41, 5.74) is 10.3. The normalized spacial score (nSPS) is 13.3. The lowest BCUT2D eigenvalue weighted by molar-refractivity contribution is 0.0995. The van der Waals surface area contributed by atoms with Crippen LogP contribution in [0.1, 0.15) is 27.2 Å². The number of nitrogens with zero attached hydrogens (tertiary/aromatic N) is 4. The number of ether oxygens (including phenoxy) is 2. The van der Waals surface area contributed by atoms with E-state index in [-0.39, 0.29) is 17.5 Å².